The van der Waals surface area contributed by atoms with Crippen molar-refractivity contribution in [2.45, 2.75) is 25.4 Å². The second-order valence-electron chi connectivity index (χ2n) is 4.25. The molecule has 0 aliphatic heterocycles. The highest BCUT2D eigenvalue weighted by atomic mass is 16.4. The van der Waals surface area contributed by atoms with Gasteiger partial charge in [-0.15, -0.1) is 5.10 Å². The molecule has 0 aromatic carbocycles. The summed E-state index contributed by atoms with van der Waals surface area (Å²) in [5.41, 5.74) is 0.381. The minimum absolute atomic E-state index is 0.0456. The van der Waals surface area contributed by atoms with E-state index in [4.69, 9.17) is 10.2 Å². The second-order valence-corrected chi connectivity index (χ2v) is 4.25. The number of aliphatic hydroxyl groups excluding tert-OH is 1. The van der Waals surface area contributed by atoms with Crippen molar-refractivity contribution in [3.63, 3.8) is 0 Å². The van der Waals surface area contributed by atoms with Gasteiger partial charge in [-0.1, -0.05) is 5.21 Å². The Morgan fingerprint density at radius 2 is 2.41 bits per heavy atom. The molecule has 17 heavy (non-hydrogen) atoms. The van der Waals surface area contributed by atoms with Crippen molar-refractivity contribution in [2.75, 3.05) is 13.2 Å². The lowest BCUT2D eigenvalue weighted by Crippen LogP contribution is -2.30. The first-order valence-electron chi connectivity index (χ1n) is 5.67. The zero-order chi connectivity index (χ0) is 12.3. The lowest BCUT2D eigenvalue weighted by Gasteiger charge is -2.10. The van der Waals surface area contributed by atoms with Crippen LogP contribution in [-0.2, 0) is 11.3 Å². The van der Waals surface area contributed by atoms with Crippen molar-refractivity contribution in [1.29, 1.82) is 0 Å². The third-order valence-electron chi connectivity index (χ3n) is 2.74. The van der Waals surface area contributed by atoms with Crippen LogP contribution in [0, 0.1) is 5.92 Å². The average molecular weight is 240 g/mol. The molecule has 1 aromatic rings. The molecule has 0 radical (unpaired) electrons. The SMILES string of the molecule is O=C(O)C(NCC1CC1)c1cn(CCO)nn1. The van der Waals surface area contributed by atoms with E-state index in [1.165, 1.54) is 4.68 Å². The number of aliphatic hydroxyl groups is 1. The van der Waals surface area contributed by atoms with Crippen molar-refractivity contribution in [1.82, 2.24) is 20.3 Å². The van der Waals surface area contributed by atoms with Crippen LogP contribution in [0.3, 0.4) is 0 Å². The van der Waals surface area contributed by atoms with E-state index in [9.17, 15) is 4.79 Å². The number of nitrogens with one attached hydrogen (secondary N) is 1. The van der Waals surface area contributed by atoms with Gasteiger partial charge in [-0.2, -0.15) is 0 Å². The normalized spacial score (nSPS) is 17.0. The molecule has 1 fully saturated rings. The van der Waals surface area contributed by atoms with Crippen LogP contribution in [0.15, 0.2) is 6.20 Å². The van der Waals surface area contributed by atoms with Crippen LogP contribution in [-0.4, -0.2) is 44.3 Å². The van der Waals surface area contributed by atoms with E-state index in [0.717, 1.165) is 12.8 Å². The number of hydrogen-bond donors (Lipinski definition) is 3. The number of hydrogen-bond acceptors (Lipinski definition) is 5. The van der Waals surface area contributed by atoms with E-state index >= 15 is 0 Å². The Morgan fingerprint density at radius 1 is 1.65 bits per heavy atom. The third-order valence-corrected chi connectivity index (χ3v) is 2.74. The van der Waals surface area contributed by atoms with Crippen LogP contribution in [0.1, 0.15) is 24.6 Å². The molecule has 2 rings (SSSR count). The van der Waals surface area contributed by atoms with Crippen molar-refractivity contribution < 1.29 is 15.0 Å². The zero-order valence-electron chi connectivity index (χ0n) is 9.41. The summed E-state index contributed by atoms with van der Waals surface area (Å²) < 4.78 is 1.43. The first kappa shape index (κ1) is 12.0. The average Bonchev–Trinajstić information content (AvgIpc) is 2.99. The van der Waals surface area contributed by atoms with Crippen LogP contribution < -0.4 is 5.32 Å². The van der Waals surface area contributed by atoms with Gasteiger partial charge in [0.05, 0.1) is 19.3 Å². The summed E-state index contributed by atoms with van der Waals surface area (Å²) in [6, 6.07) is -0.817. The van der Waals surface area contributed by atoms with Gasteiger partial charge >= 0.3 is 5.97 Å². The monoisotopic (exact) mass is 240 g/mol. The van der Waals surface area contributed by atoms with Crippen LogP contribution >= 0.6 is 0 Å². The van der Waals surface area contributed by atoms with Gasteiger partial charge in [-0.3, -0.25) is 10.1 Å². The molecule has 1 atom stereocenters. The molecule has 1 aliphatic carbocycles. The van der Waals surface area contributed by atoms with Crippen molar-refractivity contribution in [3.8, 4) is 0 Å². The number of rotatable bonds is 7. The minimum Gasteiger partial charge on any atom is -0.480 e. The summed E-state index contributed by atoms with van der Waals surface area (Å²) >= 11 is 0. The Morgan fingerprint density at radius 3 is 3.00 bits per heavy atom. The number of carboxylic acids is 1. The van der Waals surface area contributed by atoms with E-state index in [2.05, 4.69) is 15.6 Å². The summed E-state index contributed by atoms with van der Waals surface area (Å²) in [6.45, 7) is 0.974. The molecule has 1 heterocycles. The predicted molar refractivity (Wildman–Crippen MR) is 58.2 cm³/mol. The molecule has 0 spiro atoms. The fourth-order valence-corrected chi connectivity index (χ4v) is 1.58. The molecule has 1 aromatic heterocycles. The van der Waals surface area contributed by atoms with Crippen molar-refractivity contribution >= 4 is 5.97 Å². The standard InChI is InChI=1S/C10H16N4O3/c15-4-3-14-6-8(12-13-14)9(10(16)17)11-5-7-1-2-7/h6-7,9,11,15H,1-5H2,(H,16,17). The number of aliphatic carboxylic acids is 1. The van der Waals surface area contributed by atoms with Crippen molar-refractivity contribution in [2.24, 2.45) is 5.92 Å². The first-order chi connectivity index (χ1) is 8.20. The maximum Gasteiger partial charge on any atom is 0.327 e. The summed E-state index contributed by atoms with van der Waals surface area (Å²) in [6.07, 6.45) is 3.88. The van der Waals surface area contributed by atoms with E-state index in [1.807, 2.05) is 0 Å². The van der Waals surface area contributed by atoms with Crippen LogP contribution in [0.25, 0.3) is 0 Å². The van der Waals surface area contributed by atoms with Gasteiger partial charge in [0.1, 0.15) is 5.69 Å². The zero-order valence-corrected chi connectivity index (χ0v) is 9.41. The number of aromatic nitrogens is 3. The Labute approximate surface area is 98.4 Å². The maximum atomic E-state index is 11.1. The van der Waals surface area contributed by atoms with Gasteiger partial charge in [0.25, 0.3) is 0 Å². The third kappa shape index (κ3) is 3.24. The number of carbonyl (C=O) groups is 1. The van der Waals surface area contributed by atoms with Crippen LogP contribution in [0.4, 0.5) is 0 Å². The quantitative estimate of drug-likeness (QED) is 0.588. The van der Waals surface area contributed by atoms with E-state index in [-0.39, 0.29) is 6.61 Å². The van der Waals surface area contributed by atoms with Gasteiger partial charge in [0.15, 0.2) is 6.04 Å². The summed E-state index contributed by atoms with van der Waals surface area (Å²) in [4.78, 5) is 11.1. The fourth-order valence-electron chi connectivity index (χ4n) is 1.58. The largest absolute Gasteiger partial charge is 0.480 e. The van der Waals surface area contributed by atoms with Gasteiger partial charge in [0.2, 0.25) is 0 Å². The summed E-state index contributed by atoms with van der Waals surface area (Å²) in [5, 5.41) is 28.4. The fraction of sp³-hybridized carbons (Fsp3) is 0.700. The molecule has 0 bridgehead atoms. The lowest BCUT2D eigenvalue weighted by molar-refractivity contribution is -0.139. The van der Waals surface area contributed by atoms with Crippen molar-refractivity contribution in [3.05, 3.63) is 11.9 Å². The number of nitrogens with zero attached hydrogens (tertiary/aromatic N) is 3. The molecule has 1 saturated carbocycles. The van der Waals surface area contributed by atoms with Gasteiger partial charge in [-0.05, 0) is 25.3 Å². The molecule has 1 unspecified atom stereocenters. The van der Waals surface area contributed by atoms with E-state index < -0.39 is 12.0 Å². The Balaban J connectivity index is 1.99. The number of carboxylic acid groups (broad SMARTS) is 1. The smallest absolute Gasteiger partial charge is 0.327 e. The molecule has 0 amide bonds. The first-order valence-corrected chi connectivity index (χ1v) is 5.67. The summed E-state index contributed by atoms with van der Waals surface area (Å²) in [5.74, 6) is -0.356. The Bertz CT molecular complexity index is 389. The second kappa shape index (κ2) is 5.24. The molecule has 1 aliphatic rings. The molecule has 94 valence electrons. The molecular weight excluding hydrogens is 224 g/mol. The van der Waals surface area contributed by atoms with Gasteiger partial charge in [-0.25, -0.2) is 4.68 Å². The van der Waals surface area contributed by atoms with E-state index in [0.29, 0.717) is 24.7 Å². The summed E-state index contributed by atoms with van der Waals surface area (Å²) in [7, 11) is 0. The molecule has 7 nitrogen and oxygen atoms in total. The maximum absolute atomic E-state index is 11.1. The Kier molecular flexibility index (Phi) is 3.70. The molecule has 0 saturated heterocycles. The highest BCUT2D eigenvalue weighted by molar-refractivity contribution is 5.74. The molecule has 3 N–H and O–H groups in total. The minimum atomic E-state index is -0.957. The van der Waals surface area contributed by atoms with E-state index in [1.54, 1.807) is 6.20 Å². The van der Waals surface area contributed by atoms with Crippen LogP contribution in [0.2, 0.25) is 0 Å². The van der Waals surface area contributed by atoms with Gasteiger partial charge < -0.3 is 10.2 Å². The molecular formula is C10H16N4O3. The predicted octanol–water partition coefficient (Wildman–Crippen LogP) is -0.604. The topological polar surface area (TPSA) is 100 Å². The molecule has 7 heteroatoms. The highest BCUT2D eigenvalue weighted by Crippen LogP contribution is 2.28. The lowest BCUT2D eigenvalue weighted by atomic mass is 10.2. The van der Waals surface area contributed by atoms with Crippen LogP contribution in [0.5, 0.6) is 0 Å². The highest BCUT2D eigenvalue weighted by Gasteiger charge is 2.27. The van der Waals surface area contributed by atoms with Gasteiger partial charge in [0, 0.05) is 0 Å². The Hall–Kier alpha value is -1.47.